The lowest BCUT2D eigenvalue weighted by atomic mass is 10.1. The minimum Gasteiger partial charge on any atom is -0.467 e. The van der Waals surface area contributed by atoms with Crippen LogP contribution in [0.1, 0.15) is 19.5 Å². The number of rotatable bonds is 6. The molecule has 0 radical (unpaired) electrons. The Bertz CT molecular complexity index is 516. The standard InChI is InChI=1S/C14H24N4O3S/c1-9(2)11(12(19)21-6)16-13(20)18(5)7-10-8-22-14(15-10)17(3)4/h8-9,11H,7H2,1-6H3,(H,16,20)/t11-/m0/s1. The number of carbonyl (C=O) groups excluding carboxylic acids is 2. The molecule has 0 aliphatic heterocycles. The highest BCUT2D eigenvalue weighted by Gasteiger charge is 2.26. The Morgan fingerprint density at radius 1 is 1.36 bits per heavy atom. The van der Waals surface area contributed by atoms with Gasteiger partial charge in [-0.25, -0.2) is 14.6 Å². The third-order valence-corrected chi connectivity index (χ3v) is 4.13. The maximum Gasteiger partial charge on any atom is 0.328 e. The summed E-state index contributed by atoms with van der Waals surface area (Å²) in [7, 11) is 6.82. The number of methoxy groups -OCH3 is 1. The maximum absolute atomic E-state index is 12.2. The quantitative estimate of drug-likeness (QED) is 0.802. The monoisotopic (exact) mass is 328 g/mol. The number of nitrogens with one attached hydrogen (secondary N) is 1. The number of esters is 1. The number of carbonyl (C=O) groups is 2. The van der Waals surface area contributed by atoms with Crippen molar-refractivity contribution in [2.24, 2.45) is 5.92 Å². The van der Waals surface area contributed by atoms with E-state index in [0.29, 0.717) is 6.54 Å². The molecule has 0 saturated heterocycles. The number of amides is 2. The van der Waals surface area contributed by atoms with Crippen LogP contribution < -0.4 is 10.2 Å². The van der Waals surface area contributed by atoms with E-state index < -0.39 is 12.0 Å². The summed E-state index contributed by atoms with van der Waals surface area (Å²) in [5.41, 5.74) is 0.811. The molecule has 8 heteroatoms. The summed E-state index contributed by atoms with van der Waals surface area (Å²) in [6.07, 6.45) is 0. The molecular formula is C14H24N4O3S. The lowest BCUT2D eigenvalue weighted by Gasteiger charge is -2.23. The molecule has 0 unspecified atom stereocenters. The highest BCUT2D eigenvalue weighted by atomic mass is 32.1. The zero-order valence-electron chi connectivity index (χ0n) is 13.9. The third-order valence-electron chi connectivity index (χ3n) is 3.07. The molecule has 2 amide bonds. The summed E-state index contributed by atoms with van der Waals surface area (Å²) in [4.78, 5) is 31.7. The highest BCUT2D eigenvalue weighted by molar-refractivity contribution is 7.13. The molecule has 1 heterocycles. The molecule has 124 valence electrons. The Hall–Kier alpha value is -1.83. The largest absolute Gasteiger partial charge is 0.467 e. The lowest BCUT2D eigenvalue weighted by Crippen LogP contribution is -2.49. The number of anilines is 1. The average Bonchev–Trinajstić information content (AvgIpc) is 2.91. The van der Waals surface area contributed by atoms with E-state index in [-0.39, 0.29) is 11.9 Å². The van der Waals surface area contributed by atoms with E-state index in [9.17, 15) is 9.59 Å². The van der Waals surface area contributed by atoms with Crippen molar-refractivity contribution in [3.8, 4) is 0 Å². The van der Waals surface area contributed by atoms with Crippen LogP contribution >= 0.6 is 11.3 Å². The molecule has 0 aliphatic rings. The van der Waals surface area contributed by atoms with Crippen LogP contribution in [0.15, 0.2) is 5.38 Å². The first-order valence-corrected chi connectivity index (χ1v) is 7.85. The van der Waals surface area contributed by atoms with E-state index in [1.54, 1.807) is 7.05 Å². The zero-order chi connectivity index (χ0) is 16.9. The normalized spacial score (nSPS) is 12.0. The minimum atomic E-state index is -0.660. The first-order valence-electron chi connectivity index (χ1n) is 6.97. The first-order chi connectivity index (χ1) is 10.3. The van der Waals surface area contributed by atoms with Crippen molar-refractivity contribution in [1.82, 2.24) is 15.2 Å². The Morgan fingerprint density at radius 2 is 2.00 bits per heavy atom. The summed E-state index contributed by atoms with van der Waals surface area (Å²) in [6.45, 7) is 4.08. The van der Waals surface area contributed by atoms with Gasteiger partial charge >= 0.3 is 12.0 Å². The van der Waals surface area contributed by atoms with Crippen LogP contribution in [0.2, 0.25) is 0 Å². The fraction of sp³-hybridized carbons (Fsp3) is 0.643. The summed E-state index contributed by atoms with van der Waals surface area (Å²) in [5, 5.41) is 5.50. The van der Waals surface area contributed by atoms with Gasteiger partial charge in [0.2, 0.25) is 0 Å². The van der Waals surface area contributed by atoms with Crippen LogP contribution in [0.25, 0.3) is 0 Å². The molecule has 1 atom stereocenters. The van der Waals surface area contributed by atoms with Gasteiger partial charge in [-0.15, -0.1) is 11.3 Å². The highest BCUT2D eigenvalue weighted by Crippen LogP contribution is 2.18. The number of nitrogens with zero attached hydrogens (tertiary/aromatic N) is 3. The van der Waals surface area contributed by atoms with Gasteiger partial charge in [-0.05, 0) is 5.92 Å². The van der Waals surface area contributed by atoms with Crippen molar-refractivity contribution in [3.05, 3.63) is 11.1 Å². The molecule has 1 aromatic rings. The number of hydrogen-bond donors (Lipinski definition) is 1. The van der Waals surface area contributed by atoms with E-state index in [1.807, 2.05) is 38.2 Å². The average molecular weight is 328 g/mol. The van der Waals surface area contributed by atoms with Crippen molar-refractivity contribution in [1.29, 1.82) is 0 Å². The van der Waals surface area contributed by atoms with Crippen molar-refractivity contribution in [2.75, 3.05) is 33.2 Å². The maximum atomic E-state index is 12.2. The molecular weight excluding hydrogens is 304 g/mol. The van der Waals surface area contributed by atoms with Crippen LogP contribution in [0.3, 0.4) is 0 Å². The van der Waals surface area contributed by atoms with E-state index in [1.165, 1.54) is 23.3 Å². The Labute approximate surface area is 135 Å². The van der Waals surface area contributed by atoms with E-state index >= 15 is 0 Å². The first kappa shape index (κ1) is 18.2. The van der Waals surface area contributed by atoms with Gasteiger partial charge in [-0.3, -0.25) is 0 Å². The Balaban J connectivity index is 2.65. The zero-order valence-corrected chi connectivity index (χ0v) is 14.7. The molecule has 0 aromatic carbocycles. The fourth-order valence-electron chi connectivity index (χ4n) is 1.76. The van der Waals surface area contributed by atoms with Gasteiger partial charge in [-0.1, -0.05) is 13.8 Å². The van der Waals surface area contributed by atoms with Crippen molar-refractivity contribution < 1.29 is 14.3 Å². The molecule has 1 rings (SSSR count). The van der Waals surface area contributed by atoms with Gasteiger partial charge in [-0.2, -0.15) is 0 Å². The van der Waals surface area contributed by atoms with Crippen LogP contribution in [-0.2, 0) is 16.1 Å². The number of ether oxygens (including phenoxy) is 1. The SMILES string of the molecule is COC(=O)[C@@H](NC(=O)N(C)Cc1csc(N(C)C)n1)C(C)C. The van der Waals surface area contributed by atoms with Crippen LogP contribution in [0, 0.1) is 5.92 Å². The molecule has 0 spiro atoms. The van der Waals surface area contributed by atoms with Crippen LogP contribution in [-0.4, -0.2) is 56.2 Å². The van der Waals surface area contributed by atoms with E-state index in [2.05, 4.69) is 10.3 Å². The summed E-state index contributed by atoms with van der Waals surface area (Å²) < 4.78 is 4.71. The van der Waals surface area contributed by atoms with Gasteiger partial charge in [0, 0.05) is 26.5 Å². The molecule has 1 N–H and O–H groups in total. The smallest absolute Gasteiger partial charge is 0.328 e. The predicted octanol–water partition coefficient (Wildman–Crippen LogP) is 1.55. The number of hydrogen-bond acceptors (Lipinski definition) is 6. The van der Waals surface area contributed by atoms with Gasteiger partial charge < -0.3 is 19.9 Å². The molecule has 7 nitrogen and oxygen atoms in total. The summed E-state index contributed by atoms with van der Waals surface area (Å²) in [6, 6.07) is -0.990. The second-order valence-electron chi connectivity index (χ2n) is 5.57. The third kappa shape index (κ3) is 4.87. The predicted molar refractivity (Wildman–Crippen MR) is 87.1 cm³/mol. The van der Waals surface area contributed by atoms with E-state index in [4.69, 9.17) is 4.74 Å². The molecule has 0 saturated carbocycles. The van der Waals surface area contributed by atoms with Crippen LogP contribution in [0.4, 0.5) is 9.93 Å². The van der Waals surface area contributed by atoms with Gasteiger partial charge in [0.05, 0.1) is 19.3 Å². The van der Waals surface area contributed by atoms with Gasteiger partial charge in [0.1, 0.15) is 6.04 Å². The number of urea groups is 1. The topological polar surface area (TPSA) is 74.8 Å². The van der Waals surface area contributed by atoms with Crippen molar-refractivity contribution >= 4 is 28.5 Å². The number of aromatic nitrogens is 1. The van der Waals surface area contributed by atoms with Crippen molar-refractivity contribution in [2.45, 2.75) is 26.4 Å². The summed E-state index contributed by atoms with van der Waals surface area (Å²) >= 11 is 1.52. The van der Waals surface area contributed by atoms with Crippen LogP contribution in [0.5, 0.6) is 0 Å². The minimum absolute atomic E-state index is 0.0515. The Morgan fingerprint density at radius 3 is 2.45 bits per heavy atom. The second-order valence-corrected chi connectivity index (χ2v) is 6.40. The van der Waals surface area contributed by atoms with Crippen molar-refractivity contribution in [3.63, 3.8) is 0 Å². The molecule has 0 bridgehead atoms. The number of thiazole rings is 1. The Kier molecular flexibility index (Phi) is 6.61. The molecule has 1 aromatic heterocycles. The fourth-order valence-corrected chi connectivity index (χ4v) is 2.51. The van der Waals surface area contributed by atoms with Gasteiger partial charge in [0.15, 0.2) is 5.13 Å². The lowest BCUT2D eigenvalue weighted by molar-refractivity contribution is -0.144. The second kappa shape index (κ2) is 7.98. The molecule has 0 fully saturated rings. The molecule has 22 heavy (non-hydrogen) atoms. The summed E-state index contributed by atoms with van der Waals surface area (Å²) in [5.74, 6) is -0.496. The van der Waals surface area contributed by atoms with E-state index in [0.717, 1.165) is 10.8 Å². The van der Waals surface area contributed by atoms with Gasteiger partial charge in [0.25, 0.3) is 0 Å². The molecule has 0 aliphatic carbocycles.